The zero-order valence-electron chi connectivity index (χ0n) is 14.4. The normalized spacial score (nSPS) is 10.4. The Hall–Kier alpha value is -2.60. The molecule has 0 unspecified atom stereocenters. The van der Waals surface area contributed by atoms with Gasteiger partial charge in [0, 0.05) is 36.1 Å². The van der Waals surface area contributed by atoms with Crippen LogP contribution in [0.1, 0.15) is 5.56 Å². The Morgan fingerprint density at radius 2 is 1.72 bits per heavy atom. The standard InChI is InChI=1S/C19H20BrN5/c1-13-4-9-17(16(20)12-13)23-18-10-11-21-19(24-18)22-14-5-7-15(8-6-14)25(2)3/h4-12H,1-3H3,(H2,21,22,23,24). The lowest BCUT2D eigenvalue weighted by Crippen LogP contribution is -2.08. The number of nitrogens with one attached hydrogen (secondary N) is 2. The maximum absolute atomic E-state index is 4.52. The highest BCUT2D eigenvalue weighted by molar-refractivity contribution is 9.10. The highest BCUT2D eigenvalue weighted by atomic mass is 79.9. The summed E-state index contributed by atoms with van der Waals surface area (Å²) in [5.41, 5.74) is 4.25. The highest BCUT2D eigenvalue weighted by Crippen LogP contribution is 2.26. The summed E-state index contributed by atoms with van der Waals surface area (Å²) in [6.07, 6.45) is 1.73. The number of nitrogens with zero attached hydrogens (tertiary/aromatic N) is 3. The smallest absolute Gasteiger partial charge is 0.229 e. The molecule has 128 valence electrons. The van der Waals surface area contributed by atoms with Gasteiger partial charge in [-0.2, -0.15) is 4.98 Å². The van der Waals surface area contributed by atoms with E-state index in [4.69, 9.17) is 0 Å². The summed E-state index contributed by atoms with van der Waals surface area (Å²) in [7, 11) is 4.04. The van der Waals surface area contributed by atoms with E-state index in [0.29, 0.717) is 5.95 Å². The molecule has 0 atom stereocenters. The van der Waals surface area contributed by atoms with Crippen LogP contribution in [0.2, 0.25) is 0 Å². The van der Waals surface area contributed by atoms with E-state index in [-0.39, 0.29) is 0 Å². The maximum Gasteiger partial charge on any atom is 0.229 e. The molecule has 6 heteroatoms. The van der Waals surface area contributed by atoms with Crippen LogP contribution in [0.3, 0.4) is 0 Å². The average molecular weight is 398 g/mol. The number of aromatic nitrogens is 2. The van der Waals surface area contributed by atoms with Gasteiger partial charge in [-0.05, 0) is 70.9 Å². The number of hydrogen-bond acceptors (Lipinski definition) is 5. The fraction of sp³-hybridized carbons (Fsp3) is 0.158. The van der Waals surface area contributed by atoms with E-state index in [1.807, 2.05) is 50.5 Å². The Balaban J connectivity index is 1.75. The second kappa shape index (κ2) is 7.53. The molecule has 0 spiro atoms. The Kier molecular flexibility index (Phi) is 5.19. The molecule has 3 rings (SSSR count). The van der Waals surface area contributed by atoms with E-state index in [9.17, 15) is 0 Å². The molecule has 0 aliphatic heterocycles. The van der Waals surface area contributed by atoms with Crippen LogP contribution in [0.4, 0.5) is 28.8 Å². The maximum atomic E-state index is 4.52. The van der Waals surface area contributed by atoms with E-state index in [1.54, 1.807) is 6.20 Å². The van der Waals surface area contributed by atoms with Crippen molar-refractivity contribution in [2.75, 3.05) is 29.6 Å². The zero-order valence-corrected chi connectivity index (χ0v) is 16.0. The lowest BCUT2D eigenvalue weighted by Gasteiger charge is -2.13. The van der Waals surface area contributed by atoms with Gasteiger partial charge < -0.3 is 15.5 Å². The van der Waals surface area contributed by atoms with Gasteiger partial charge in [-0.25, -0.2) is 4.98 Å². The number of rotatable bonds is 5. The molecule has 0 aliphatic rings. The van der Waals surface area contributed by atoms with Crippen molar-refractivity contribution in [2.45, 2.75) is 6.92 Å². The van der Waals surface area contributed by atoms with Gasteiger partial charge >= 0.3 is 0 Å². The predicted octanol–water partition coefficient (Wildman–Crippen LogP) is 5.10. The van der Waals surface area contributed by atoms with Crippen molar-refractivity contribution < 1.29 is 0 Å². The predicted molar refractivity (Wildman–Crippen MR) is 108 cm³/mol. The van der Waals surface area contributed by atoms with Crippen molar-refractivity contribution in [1.29, 1.82) is 0 Å². The summed E-state index contributed by atoms with van der Waals surface area (Å²) in [5, 5.41) is 6.53. The Morgan fingerprint density at radius 1 is 0.960 bits per heavy atom. The number of anilines is 5. The minimum atomic E-state index is 0.547. The summed E-state index contributed by atoms with van der Waals surface area (Å²) >= 11 is 3.57. The molecule has 2 N–H and O–H groups in total. The number of halogens is 1. The summed E-state index contributed by atoms with van der Waals surface area (Å²) in [4.78, 5) is 10.9. The third-order valence-corrected chi connectivity index (χ3v) is 4.34. The van der Waals surface area contributed by atoms with Crippen molar-refractivity contribution in [2.24, 2.45) is 0 Å². The molecule has 3 aromatic rings. The van der Waals surface area contributed by atoms with E-state index in [2.05, 4.69) is 60.5 Å². The minimum Gasteiger partial charge on any atom is -0.378 e. The van der Waals surface area contributed by atoms with Crippen LogP contribution in [0.15, 0.2) is 59.2 Å². The van der Waals surface area contributed by atoms with E-state index >= 15 is 0 Å². The Labute approximate surface area is 156 Å². The van der Waals surface area contributed by atoms with Crippen molar-refractivity contribution in [1.82, 2.24) is 9.97 Å². The van der Waals surface area contributed by atoms with Gasteiger partial charge in [-0.1, -0.05) is 6.07 Å². The fourth-order valence-electron chi connectivity index (χ4n) is 2.32. The first-order chi connectivity index (χ1) is 12.0. The Morgan fingerprint density at radius 3 is 2.40 bits per heavy atom. The van der Waals surface area contributed by atoms with E-state index < -0.39 is 0 Å². The van der Waals surface area contributed by atoms with Gasteiger partial charge in [0.1, 0.15) is 5.82 Å². The molecule has 0 aliphatic carbocycles. The van der Waals surface area contributed by atoms with Crippen molar-refractivity contribution >= 4 is 44.8 Å². The summed E-state index contributed by atoms with van der Waals surface area (Å²) in [5.74, 6) is 1.28. The van der Waals surface area contributed by atoms with Crippen LogP contribution < -0.4 is 15.5 Å². The first kappa shape index (κ1) is 17.2. The van der Waals surface area contributed by atoms with Gasteiger partial charge in [0.15, 0.2) is 0 Å². The van der Waals surface area contributed by atoms with Gasteiger partial charge in [-0.15, -0.1) is 0 Å². The topological polar surface area (TPSA) is 53.1 Å². The van der Waals surface area contributed by atoms with Crippen LogP contribution in [0.25, 0.3) is 0 Å². The molecule has 1 aromatic heterocycles. The number of aryl methyl sites for hydroxylation is 1. The van der Waals surface area contributed by atoms with Crippen LogP contribution in [0.5, 0.6) is 0 Å². The quantitative estimate of drug-likeness (QED) is 0.626. The molecular weight excluding hydrogens is 378 g/mol. The van der Waals surface area contributed by atoms with E-state index in [1.165, 1.54) is 5.56 Å². The van der Waals surface area contributed by atoms with Crippen LogP contribution in [-0.4, -0.2) is 24.1 Å². The number of benzene rings is 2. The number of hydrogen-bond donors (Lipinski definition) is 2. The SMILES string of the molecule is Cc1ccc(Nc2ccnc(Nc3ccc(N(C)C)cc3)n2)c(Br)c1. The second-order valence-electron chi connectivity index (χ2n) is 5.94. The summed E-state index contributed by atoms with van der Waals surface area (Å²) < 4.78 is 1.000. The van der Waals surface area contributed by atoms with Crippen molar-refractivity contribution in [3.8, 4) is 0 Å². The van der Waals surface area contributed by atoms with Gasteiger partial charge in [0.05, 0.1) is 5.69 Å². The summed E-state index contributed by atoms with van der Waals surface area (Å²) in [6.45, 7) is 2.06. The third-order valence-electron chi connectivity index (χ3n) is 3.68. The second-order valence-corrected chi connectivity index (χ2v) is 6.79. The van der Waals surface area contributed by atoms with E-state index in [0.717, 1.165) is 27.4 Å². The monoisotopic (exact) mass is 397 g/mol. The van der Waals surface area contributed by atoms with Crippen LogP contribution in [0, 0.1) is 6.92 Å². The molecule has 5 nitrogen and oxygen atoms in total. The van der Waals surface area contributed by atoms with Gasteiger partial charge in [0.25, 0.3) is 0 Å². The molecule has 0 saturated heterocycles. The van der Waals surface area contributed by atoms with Crippen molar-refractivity contribution in [3.05, 3.63) is 64.8 Å². The lowest BCUT2D eigenvalue weighted by molar-refractivity contribution is 1.13. The van der Waals surface area contributed by atoms with Crippen LogP contribution in [-0.2, 0) is 0 Å². The fourth-order valence-corrected chi connectivity index (χ4v) is 2.91. The lowest BCUT2D eigenvalue weighted by atomic mass is 10.2. The molecule has 2 aromatic carbocycles. The summed E-state index contributed by atoms with van der Waals surface area (Å²) in [6, 6.07) is 16.1. The molecule has 0 bridgehead atoms. The van der Waals surface area contributed by atoms with Gasteiger partial charge in [-0.3, -0.25) is 0 Å². The zero-order chi connectivity index (χ0) is 17.8. The molecule has 25 heavy (non-hydrogen) atoms. The molecule has 0 fully saturated rings. The Bertz CT molecular complexity index is 862. The van der Waals surface area contributed by atoms with Crippen LogP contribution >= 0.6 is 15.9 Å². The largest absolute Gasteiger partial charge is 0.378 e. The minimum absolute atomic E-state index is 0.547. The molecule has 0 amide bonds. The molecule has 0 radical (unpaired) electrons. The molecule has 0 saturated carbocycles. The molecule has 1 heterocycles. The first-order valence-electron chi connectivity index (χ1n) is 7.92. The first-order valence-corrected chi connectivity index (χ1v) is 8.71. The van der Waals surface area contributed by atoms with Gasteiger partial charge in [0.2, 0.25) is 5.95 Å². The van der Waals surface area contributed by atoms with Crippen molar-refractivity contribution in [3.63, 3.8) is 0 Å². The molecular formula is C19H20BrN5. The average Bonchev–Trinajstić information content (AvgIpc) is 2.58. The third kappa shape index (κ3) is 4.48. The highest BCUT2D eigenvalue weighted by Gasteiger charge is 2.04.